The van der Waals surface area contributed by atoms with Gasteiger partial charge in [-0.2, -0.15) is 0 Å². The summed E-state index contributed by atoms with van der Waals surface area (Å²) in [6.07, 6.45) is 0. The van der Waals surface area contributed by atoms with E-state index in [9.17, 15) is 4.79 Å². The van der Waals surface area contributed by atoms with Crippen LogP contribution in [0.15, 0.2) is 18.2 Å². The Morgan fingerprint density at radius 3 is 2.29 bits per heavy atom. The molecule has 0 unspecified atom stereocenters. The number of anilines is 2. The van der Waals surface area contributed by atoms with E-state index in [-0.39, 0.29) is 37.6 Å². The molecule has 0 aliphatic rings. The van der Waals surface area contributed by atoms with Gasteiger partial charge in [0.05, 0.1) is 30.2 Å². The Kier molecular flexibility index (Phi) is 4.74. The summed E-state index contributed by atoms with van der Waals surface area (Å²) in [6, 6.07) is 4.65. The first-order valence-corrected chi connectivity index (χ1v) is 5.20. The van der Waals surface area contributed by atoms with E-state index in [0.29, 0.717) is 5.69 Å². The van der Waals surface area contributed by atoms with E-state index in [1.54, 1.807) is 17.0 Å². The number of aromatic carboxylic acids is 1. The van der Waals surface area contributed by atoms with Crippen LogP contribution in [0, 0.1) is 0 Å². The maximum absolute atomic E-state index is 10.9. The largest absolute Gasteiger partial charge is 0.478 e. The summed E-state index contributed by atoms with van der Waals surface area (Å²) >= 11 is 0. The highest BCUT2D eigenvalue weighted by molar-refractivity contribution is 5.97. The van der Waals surface area contributed by atoms with Crippen molar-refractivity contribution in [3.63, 3.8) is 0 Å². The van der Waals surface area contributed by atoms with E-state index >= 15 is 0 Å². The highest BCUT2D eigenvalue weighted by atomic mass is 16.4. The van der Waals surface area contributed by atoms with Gasteiger partial charge >= 0.3 is 5.97 Å². The van der Waals surface area contributed by atoms with Crippen LogP contribution in [0.1, 0.15) is 10.4 Å². The fraction of sp³-hybridized carbons (Fsp3) is 0.364. The Bertz CT molecular complexity index is 389. The number of carboxylic acid groups (broad SMARTS) is 1. The average Bonchev–Trinajstić information content (AvgIpc) is 2.29. The molecule has 0 atom stereocenters. The number of carboxylic acids is 1. The molecule has 0 bridgehead atoms. The molecule has 0 saturated heterocycles. The lowest BCUT2D eigenvalue weighted by atomic mass is 10.1. The predicted molar refractivity (Wildman–Crippen MR) is 64.2 cm³/mol. The summed E-state index contributed by atoms with van der Waals surface area (Å²) < 4.78 is 0. The lowest BCUT2D eigenvalue weighted by Crippen LogP contribution is -2.30. The van der Waals surface area contributed by atoms with E-state index in [1.807, 2.05) is 0 Å². The van der Waals surface area contributed by atoms with Crippen LogP contribution in [0.5, 0.6) is 0 Å². The van der Waals surface area contributed by atoms with Crippen molar-refractivity contribution < 1.29 is 20.1 Å². The SMILES string of the molecule is Nc1c(C(=O)O)cccc1N(CCO)CCO. The molecule has 0 aliphatic carbocycles. The van der Waals surface area contributed by atoms with Gasteiger partial charge in [0, 0.05) is 13.1 Å². The number of para-hydroxylation sites is 1. The molecule has 0 radical (unpaired) electrons. The van der Waals surface area contributed by atoms with Gasteiger partial charge in [0.15, 0.2) is 0 Å². The van der Waals surface area contributed by atoms with Crippen LogP contribution in [0.4, 0.5) is 11.4 Å². The zero-order chi connectivity index (χ0) is 12.8. The molecular weight excluding hydrogens is 224 g/mol. The Labute approximate surface area is 98.9 Å². The minimum Gasteiger partial charge on any atom is -0.478 e. The molecule has 0 heterocycles. The van der Waals surface area contributed by atoms with E-state index < -0.39 is 5.97 Å². The van der Waals surface area contributed by atoms with E-state index in [2.05, 4.69) is 0 Å². The number of hydrogen-bond donors (Lipinski definition) is 4. The molecule has 0 fully saturated rings. The zero-order valence-corrected chi connectivity index (χ0v) is 9.33. The Hall–Kier alpha value is -1.79. The van der Waals surface area contributed by atoms with E-state index in [4.69, 9.17) is 21.1 Å². The summed E-state index contributed by atoms with van der Waals surface area (Å²) in [7, 11) is 0. The van der Waals surface area contributed by atoms with Gasteiger partial charge in [0.1, 0.15) is 0 Å². The number of carbonyl (C=O) groups is 1. The smallest absolute Gasteiger partial charge is 0.337 e. The van der Waals surface area contributed by atoms with Crippen LogP contribution in [-0.4, -0.2) is 47.6 Å². The highest BCUT2D eigenvalue weighted by Gasteiger charge is 2.15. The van der Waals surface area contributed by atoms with Crippen LogP contribution >= 0.6 is 0 Å². The third-order valence-electron chi connectivity index (χ3n) is 2.39. The number of aliphatic hydroxyl groups excluding tert-OH is 2. The van der Waals surface area contributed by atoms with Crippen molar-refractivity contribution in [3.05, 3.63) is 23.8 Å². The first-order chi connectivity index (χ1) is 8.11. The molecule has 5 N–H and O–H groups in total. The van der Waals surface area contributed by atoms with Crippen molar-refractivity contribution in [2.24, 2.45) is 0 Å². The first-order valence-electron chi connectivity index (χ1n) is 5.20. The fourth-order valence-electron chi connectivity index (χ4n) is 1.61. The molecule has 1 rings (SSSR count). The number of benzene rings is 1. The first kappa shape index (κ1) is 13.3. The van der Waals surface area contributed by atoms with E-state index in [0.717, 1.165) is 0 Å². The normalized spacial score (nSPS) is 10.2. The molecule has 0 spiro atoms. The number of hydrogen-bond acceptors (Lipinski definition) is 5. The topological polar surface area (TPSA) is 107 Å². The maximum Gasteiger partial charge on any atom is 0.337 e. The van der Waals surface area contributed by atoms with Crippen molar-refractivity contribution in [1.82, 2.24) is 0 Å². The Morgan fingerprint density at radius 1 is 1.24 bits per heavy atom. The maximum atomic E-state index is 10.9. The summed E-state index contributed by atoms with van der Waals surface area (Å²) in [5, 5.41) is 26.8. The quantitative estimate of drug-likeness (QED) is 0.511. The molecular formula is C11H16N2O4. The third-order valence-corrected chi connectivity index (χ3v) is 2.39. The molecule has 0 aliphatic heterocycles. The Balaban J connectivity index is 3.10. The average molecular weight is 240 g/mol. The van der Waals surface area contributed by atoms with Gasteiger partial charge in [-0.3, -0.25) is 0 Å². The number of nitrogens with two attached hydrogens (primary N) is 1. The van der Waals surface area contributed by atoms with Crippen molar-refractivity contribution in [2.45, 2.75) is 0 Å². The molecule has 0 saturated carbocycles. The van der Waals surface area contributed by atoms with Gasteiger partial charge in [-0.15, -0.1) is 0 Å². The van der Waals surface area contributed by atoms with Gasteiger partial charge < -0.3 is 26.0 Å². The Morgan fingerprint density at radius 2 is 1.82 bits per heavy atom. The number of aliphatic hydroxyl groups is 2. The minimum atomic E-state index is -1.10. The predicted octanol–water partition coefficient (Wildman–Crippen LogP) is -0.242. The monoisotopic (exact) mass is 240 g/mol. The summed E-state index contributed by atoms with van der Waals surface area (Å²) in [6.45, 7) is 0.370. The van der Waals surface area contributed by atoms with Gasteiger partial charge in [0.2, 0.25) is 0 Å². The van der Waals surface area contributed by atoms with Crippen molar-refractivity contribution in [1.29, 1.82) is 0 Å². The molecule has 6 heteroatoms. The lowest BCUT2D eigenvalue weighted by molar-refractivity contribution is 0.0698. The van der Waals surface area contributed by atoms with Crippen molar-refractivity contribution in [2.75, 3.05) is 36.9 Å². The van der Waals surface area contributed by atoms with Gasteiger partial charge in [-0.1, -0.05) is 6.07 Å². The van der Waals surface area contributed by atoms with Gasteiger partial charge in [-0.25, -0.2) is 4.79 Å². The van der Waals surface area contributed by atoms with Crippen LogP contribution < -0.4 is 10.6 Å². The molecule has 6 nitrogen and oxygen atoms in total. The highest BCUT2D eigenvalue weighted by Crippen LogP contribution is 2.26. The second kappa shape index (κ2) is 6.07. The van der Waals surface area contributed by atoms with Crippen LogP contribution in [0.3, 0.4) is 0 Å². The van der Waals surface area contributed by atoms with Crippen molar-refractivity contribution >= 4 is 17.3 Å². The minimum absolute atomic E-state index is 0.0170. The van der Waals surface area contributed by atoms with Crippen LogP contribution in [-0.2, 0) is 0 Å². The second-order valence-corrected chi connectivity index (χ2v) is 3.48. The lowest BCUT2D eigenvalue weighted by Gasteiger charge is -2.25. The van der Waals surface area contributed by atoms with Crippen LogP contribution in [0.2, 0.25) is 0 Å². The standard InChI is InChI=1S/C11H16N2O4/c12-10-8(11(16)17)2-1-3-9(10)13(4-6-14)5-7-15/h1-3,14-15H,4-7,12H2,(H,16,17). The van der Waals surface area contributed by atoms with Gasteiger partial charge in [-0.05, 0) is 12.1 Å². The number of nitrogens with zero attached hydrogens (tertiary/aromatic N) is 1. The van der Waals surface area contributed by atoms with Crippen LogP contribution in [0.25, 0.3) is 0 Å². The van der Waals surface area contributed by atoms with Crippen molar-refractivity contribution in [3.8, 4) is 0 Å². The third kappa shape index (κ3) is 3.08. The molecule has 0 aromatic heterocycles. The second-order valence-electron chi connectivity index (χ2n) is 3.48. The molecule has 94 valence electrons. The van der Waals surface area contributed by atoms with Gasteiger partial charge in [0.25, 0.3) is 0 Å². The molecule has 1 aromatic carbocycles. The summed E-state index contributed by atoms with van der Waals surface area (Å²) in [5.74, 6) is -1.10. The summed E-state index contributed by atoms with van der Waals surface area (Å²) in [5.41, 5.74) is 6.43. The molecule has 1 aromatic rings. The fourth-order valence-corrected chi connectivity index (χ4v) is 1.61. The zero-order valence-electron chi connectivity index (χ0n) is 9.33. The molecule has 17 heavy (non-hydrogen) atoms. The summed E-state index contributed by atoms with van der Waals surface area (Å²) in [4.78, 5) is 12.6. The number of nitrogen functional groups attached to an aromatic ring is 1. The number of rotatable bonds is 6. The molecule has 0 amide bonds. The van der Waals surface area contributed by atoms with E-state index in [1.165, 1.54) is 6.07 Å².